The first-order valence-corrected chi connectivity index (χ1v) is 9.72. The van der Waals surface area contributed by atoms with E-state index in [9.17, 15) is 9.59 Å². The highest BCUT2D eigenvalue weighted by Crippen LogP contribution is 2.11. The van der Waals surface area contributed by atoms with Crippen LogP contribution < -0.4 is 5.32 Å². The largest absolute Gasteiger partial charge is 0.478 e. The molecular weight excluding hydrogens is 314 g/mol. The number of benzene rings is 1. The number of aromatic carboxylic acids is 1. The van der Waals surface area contributed by atoms with Gasteiger partial charge in [-0.25, -0.2) is 4.79 Å². The van der Waals surface area contributed by atoms with E-state index in [-0.39, 0.29) is 11.5 Å². The fourth-order valence-electron chi connectivity index (χ4n) is 2.83. The molecular formula is C21H33NO3. The van der Waals surface area contributed by atoms with E-state index in [0.717, 1.165) is 18.4 Å². The fourth-order valence-corrected chi connectivity index (χ4v) is 2.83. The van der Waals surface area contributed by atoms with Gasteiger partial charge in [-0.15, -0.1) is 0 Å². The van der Waals surface area contributed by atoms with Gasteiger partial charge in [-0.1, -0.05) is 76.8 Å². The highest BCUT2D eigenvalue weighted by molar-refractivity contribution is 5.87. The SMILES string of the molecule is CCCCCCCCCCCCC(=O)NCc1ccc(C(=O)O)cc1. The van der Waals surface area contributed by atoms with Gasteiger partial charge in [0.2, 0.25) is 5.91 Å². The van der Waals surface area contributed by atoms with Crippen molar-refractivity contribution >= 4 is 11.9 Å². The second-order valence-corrected chi connectivity index (χ2v) is 6.71. The van der Waals surface area contributed by atoms with E-state index in [4.69, 9.17) is 5.11 Å². The Kier molecular flexibility index (Phi) is 11.4. The van der Waals surface area contributed by atoms with Crippen LogP contribution in [0.1, 0.15) is 93.5 Å². The van der Waals surface area contributed by atoms with Crippen molar-refractivity contribution in [3.8, 4) is 0 Å². The number of carboxylic acids is 1. The Balaban J connectivity index is 1.99. The summed E-state index contributed by atoms with van der Waals surface area (Å²) in [4.78, 5) is 22.6. The molecule has 4 nitrogen and oxygen atoms in total. The summed E-state index contributed by atoms with van der Waals surface area (Å²) in [6.45, 7) is 2.70. The van der Waals surface area contributed by atoms with Crippen LogP contribution in [0, 0.1) is 0 Å². The van der Waals surface area contributed by atoms with Crippen LogP contribution in [-0.2, 0) is 11.3 Å². The predicted molar refractivity (Wildman–Crippen MR) is 102 cm³/mol. The Bertz CT molecular complexity index is 496. The van der Waals surface area contributed by atoms with Gasteiger partial charge in [0.1, 0.15) is 0 Å². The molecule has 0 spiro atoms. The van der Waals surface area contributed by atoms with E-state index < -0.39 is 5.97 Å². The molecule has 0 saturated carbocycles. The molecule has 25 heavy (non-hydrogen) atoms. The van der Waals surface area contributed by atoms with Crippen molar-refractivity contribution in [1.82, 2.24) is 5.32 Å². The maximum absolute atomic E-state index is 11.8. The molecule has 0 radical (unpaired) electrons. The Labute approximate surface area is 152 Å². The molecule has 0 aliphatic heterocycles. The van der Waals surface area contributed by atoms with E-state index in [1.165, 1.54) is 51.4 Å². The summed E-state index contributed by atoms with van der Waals surface area (Å²) in [7, 11) is 0. The van der Waals surface area contributed by atoms with Crippen molar-refractivity contribution in [1.29, 1.82) is 0 Å². The quantitative estimate of drug-likeness (QED) is 0.448. The lowest BCUT2D eigenvalue weighted by molar-refractivity contribution is -0.121. The lowest BCUT2D eigenvalue weighted by Crippen LogP contribution is -2.22. The molecule has 0 atom stereocenters. The second-order valence-electron chi connectivity index (χ2n) is 6.71. The first-order valence-electron chi connectivity index (χ1n) is 9.72. The number of carbonyl (C=O) groups is 2. The number of hydrogen-bond donors (Lipinski definition) is 2. The number of unbranched alkanes of at least 4 members (excludes halogenated alkanes) is 9. The minimum Gasteiger partial charge on any atom is -0.478 e. The highest BCUT2D eigenvalue weighted by atomic mass is 16.4. The van der Waals surface area contributed by atoms with Crippen LogP contribution in [0.4, 0.5) is 0 Å². The van der Waals surface area contributed by atoms with Crippen molar-refractivity contribution < 1.29 is 14.7 Å². The van der Waals surface area contributed by atoms with Gasteiger partial charge >= 0.3 is 5.97 Å². The minimum absolute atomic E-state index is 0.0712. The van der Waals surface area contributed by atoms with Gasteiger partial charge in [0.25, 0.3) is 0 Å². The normalized spacial score (nSPS) is 10.6. The summed E-state index contributed by atoms with van der Waals surface area (Å²) < 4.78 is 0. The zero-order valence-corrected chi connectivity index (χ0v) is 15.6. The molecule has 0 aliphatic carbocycles. The maximum atomic E-state index is 11.8. The van der Waals surface area contributed by atoms with Crippen LogP contribution in [0.5, 0.6) is 0 Å². The zero-order valence-electron chi connectivity index (χ0n) is 15.6. The van der Waals surface area contributed by atoms with Crippen LogP contribution in [0.2, 0.25) is 0 Å². The molecule has 0 saturated heterocycles. The van der Waals surface area contributed by atoms with Crippen LogP contribution in [-0.4, -0.2) is 17.0 Å². The molecule has 1 amide bonds. The first kappa shape index (κ1) is 21.2. The molecule has 0 aliphatic rings. The molecule has 2 N–H and O–H groups in total. The summed E-state index contributed by atoms with van der Waals surface area (Å²) in [5.41, 5.74) is 1.18. The monoisotopic (exact) mass is 347 g/mol. The number of carboxylic acid groups (broad SMARTS) is 1. The van der Waals surface area contributed by atoms with Crippen molar-refractivity contribution in [2.24, 2.45) is 0 Å². The van der Waals surface area contributed by atoms with Crippen molar-refractivity contribution in [3.05, 3.63) is 35.4 Å². The number of rotatable bonds is 14. The van der Waals surface area contributed by atoms with Gasteiger partial charge in [-0.05, 0) is 24.1 Å². The minimum atomic E-state index is -0.934. The molecule has 0 aromatic heterocycles. The summed E-state index contributed by atoms with van der Waals surface area (Å²) in [6, 6.07) is 6.60. The third kappa shape index (κ3) is 10.6. The van der Waals surface area contributed by atoms with E-state index in [2.05, 4.69) is 12.2 Å². The summed E-state index contributed by atoms with van der Waals surface area (Å²) in [5, 5.41) is 11.7. The summed E-state index contributed by atoms with van der Waals surface area (Å²) in [5.74, 6) is -0.863. The number of nitrogens with one attached hydrogen (secondary N) is 1. The standard InChI is InChI=1S/C21H33NO3/c1-2-3-4-5-6-7-8-9-10-11-12-20(23)22-17-18-13-15-19(16-14-18)21(24)25/h13-16H,2-12,17H2,1H3,(H,22,23)(H,24,25). The van der Waals surface area contributed by atoms with Crippen LogP contribution in [0.25, 0.3) is 0 Å². The second kappa shape index (κ2) is 13.5. The number of amides is 1. The van der Waals surface area contributed by atoms with Crippen LogP contribution in [0.3, 0.4) is 0 Å². The first-order chi connectivity index (χ1) is 12.1. The molecule has 0 bridgehead atoms. The van der Waals surface area contributed by atoms with E-state index in [1.807, 2.05) is 0 Å². The summed E-state index contributed by atoms with van der Waals surface area (Å²) >= 11 is 0. The average molecular weight is 347 g/mol. The number of hydrogen-bond acceptors (Lipinski definition) is 2. The third-order valence-corrected chi connectivity index (χ3v) is 4.45. The van der Waals surface area contributed by atoms with Crippen LogP contribution >= 0.6 is 0 Å². The van der Waals surface area contributed by atoms with Gasteiger partial charge in [0.05, 0.1) is 5.56 Å². The Morgan fingerprint density at radius 3 is 1.88 bits per heavy atom. The Hall–Kier alpha value is -1.84. The average Bonchev–Trinajstić information content (AvgIpc) is 2.62. The van der Waals surface area contributed by atoms with Crippen LogP contribution in [0.15, 0.2) is 24.3 Å². The van der Waals surface area contributed by atoms with E-state index in [1.54, 1.807) is 24.3 Å². The smallest absolute Gasteiger partial charge is 0.335 e. The van der Waals surface area contributed by atoms with Crippen molar-refractivity contribution in [3.63, 3.8) is 0 Å². The number of carbonyl (C=O) groups excluding carboxylic acids is 1. The molecule has 140 valence electrons. The van der Waals surface area contributed by atoms with Gasteiger partial charge in [0.15, 0.2) is 0 Å². The molecule has 0 unspecified atom stereocenters. The third-order valence-electron chi connectivity index (χ3n) is 4.45. The highest BCUT2D eigenvalue weighted by Gasteiger charge is 2.04. The van der Waals surface area contributed by atoms with Gasteiger partial charge in [-0.3, -0.25) is 4.79 Å². The molecule has 1 rings (SSSR count). The summed E-state index contributed by atoms with van der Waals surface area (Å²) in [6.07, 6.45) is 13.2. The van der Waals surface area contributed by atoms with Crippen molar-refractivity contribution in [2.45, 2.75) is 84.1 Å². The van der Waals surface area contributed by atoms with E-state index in [0.29, 0.717) is 13.0 Å². The Morgan fingerprint density at radius 2 is 1.36 bits per heavy atom. The zero-order chi connectivity index (χ0) is 18.3. The van der Waals surface area contributed by atoms with Crippen molar-refractivity contribution in [2.75, 3.05) is 0 Å². The van der Waals surface area contributed by atoms with Gasteiger partial charge < -0.3 is 10.4 Å². The molecule has 1 aromatic carbocycles. The molecule has 4 heteroatoms. The lowest BCUT2D eigenvalue weighted by atomic mass is 10.1. The predicted octanol–water partition coefficient (Wildman–Crippen LogP) is 5.31. The molecule has 0 fully saturated rings. The maximum Gasteiger partial charge on any atom is 0.335 e. The van der Waals surface area contributed by atoms with Gasteiger partial charge in [-0.2, -0.15) is 0 Å². The van der Waals surface area contributed by atoms with Gasteiger partial charge in [0, 0.05) is 13.0 Å². The molecule has 0 heterocycles. The lowest BCUT2D eigenvalue weighted by Gasteiger charge is -2.06. The molecule has 1 aromatic rings. The Morgan fingerprint density at radius 1 is 0.840 bits per heavy atom. The van der Waals surface area contributed by atoms with E-state index >= 15 is 0 Å². The topological polar surface area (TPSA) is 66.4 Å². The fraction of sp³-hybridized carbons (Fsp3) is 0.619.